The van der Waals surface area contributed by atoms with Crippen LogP contribution in [0.25, 0.3) is 71.0 Å². The van der Waals surface area contributed by atoms with Gasteiger partial charge in [-0.05, 0) is 64.7 Å². The van der Waals surface area contributed by atoms with Gasteiger partial charge in [-0.25, -0.2) is 4.85 Å². The average molecular weight is 575 g/mol. The molecular weight excluding hydrogens is 548 g/mol. The zero-order chi connectivity index (χ0) is 30.4. The van der Waals surface area contributed by atoms with Crippen LogP contribution < -0.4 is 0 Å². The molecule has 9 rings (SSSR count). The van der Waals surface area contributed by atoms with Gasteiger partial charge in [-0.3, -0.25) is 0 Å². The third-order valence-electron chi connectivity index (χ3n) is 9.77. The Balaban J connectivity index is 1.37. The van der Waals surface area contributed by atoms with Gasteiger partial charge in [0.1, 0.15) is 6.07 Å². The summed E-state index contributed by atoms with van der Waals surface area (Å²) < 4.78 is 4.31. The number of para-hydroxylation sites is 3. The molecular formula is C41H26N4. The van der Waals surface area contributed by atoms with E-state index in [0.717, 1.165) is 43.6 Å². The third-order valence-corrected chi connectivity index (χ3v) is 9.77. The van der Waals surface area contributed by atoms with Crippen molar-refractivity contribution in [3.63, 3.8) is 0 Å². The summed E-state index contributed by atoms with van der Waals surface area (Å²) in [5, 5.41) is 15.2. The van der Waals surface area contributed by atoms with Crippen LogP contribution in [0, 0.1) is 17.9 Å². The average Bonchev–Trinajstić information content (AvgIpc) is 3.67. The molecule has 2 aromatic heterocycles. The fourth-order valence-electron chi connectivity index (χ4n) is 7.71. The van der Waals surface area contributed by atoms with Crippen molar-refractivity contribution in [2.45, 2.75) is 19.3 Å². The van der Waals surface area contributed by atoms with Crippen molar-refractivity contribution in [2.75, 3.05) is 0 Å². The first-order valence-electron chi connectivity index (χ1n) is 15.1. The molecule has 0 bridgehead atoms. The highest BCUT2D eigenvalue weighted by Crippen LogP contribution is 2.51. The van der Waals surface area contributed by atoms with E-state index in [2.05, 4.69) is 113 Å². The Bertz CT molecular complexity index is 2600. The van der Waals surface area contributed by atoms with Gasteiger partial charge in [-0.15, -0.1) is 0 Å². The molecule has 0 fully saturated rings. The van der Waals surface area contributed by atoms with E-state index in [-0.39, 0.29) is 5.41 Å². The van der Waals surface area contributed by atoms with Gasteiger partial charge in [-0.1, -0.05) is 92.7 Å². The summed E-state index contributed by atoms with van der Waals surface area (Å²) in [4.78, 5) is 4.06. The Kier molecular flexibility index (Phi) is 5.06. The van der Waals surface area contributed by atoms with Gasteiger partial charge in [0.25, 0.3) is 0 Å². The van der Waals surface area contributed by atoms with Crippen LogP contribution in [0.1, 0.15) is 30.5 Å². The van der Waals surface area contributed by atoms with Crippen LogP contribution >= 0.6 is 0 Å². The van der Waals surface area contributed by atoms with Gasteiger partial charge in [0.15, 0.2) is 0 Å². The number of hydrogen-bond donors (Lipinski definition) is 0. The molecule has 0 unspecified atom stereocenters. The summed E-state index contributed by atoms with van der Waals surface area (Å²) in [6.45, 7) is 12.9. The molecule has 1 aliphatic carbocycles. The molecule has 0 aliphatic heterocycles. The molecule has 210 valence electrons. The summed E-state index contributed by atoms with van der Waals surface area (Å²) in [6.07, 6.45) is 0. The Morgan fingerprint density at radius 1 is 0.578 bits per heavy atom. The smallest absolute Gasteiger partial charge is 0.212 e. The van der Waals surface area contributed by atoms with Gasteiger partial charge in [0.05, 0.1) is 45.6 Å². The van der Waals surface area contributed by atoms with Crippen molar-refractivity contribution < 1.29 is 0 Å². The van der Waals surface area contributed by atoms with Gasteiger partial charge in [-0.2, -0.15) is 5.26 Å². The van der Waals surface area contributed by atoms with Crippen LogP contribution in [-0.2, 0) is 5.41 Å². The maximum absolute atomic E-state index is 10.7. The lowest BCUT2D eigenvalue weighted by molar-refractivity contribution is 0.661. The minimum atomic E-state index is -0.165. The number of aromatic nitrogens is 2. The predicted octanol–water partition coefficient (Wildman–Crippen LogP) is 10.6. The zero-order valence-electron chi connectivity index (χ0n) is 24.8. The molecule has 4 heteroatoms. The minimum Gasteiger partial charge on any atom is -0.319 e. The van der Waals surface area contributed by atoms with Crippen molar-refractivity contribution in [2.24, 2.45) is 0 Å². The van der Waals surface area contributed by atoms with Gasteiger partial charge in [0, 0.05) is 27.0 Å². The molecule has 45 heavy (non-hydrogen) atoms. The highest BCUT2D eigenvalue weighted by molar-refractivity contribution is 6.12. The van der Waals surface area contributed by atoms with E-state index in [1.165, 1.54) is 22.3 Å². The topological polar surface area (TPSA) is 38.0 Å². The molecule has 0 N–H and O–H groups in total. The normalized spacial score (nSPS) is 13.2. The van der Waals surface area contributed by atoms with Crippen LogP contribution in [0.2, 0.25) is 0 Å². The molecule has 6 aromatic carbocycles. The fourth-order valence-corrected chi connectivity index (χ4v) is 7.71. The lowest BCUT2D eigenvalue weighted by Gasteiger charge is -2.22. The standard InChI is InChI=1S/C41H26N4/c1-41(2)32-16-8-4-12-26(32)30-21-31-29-15-7-11-19-37(29)45(39(31)22-33(30)41)38-23-34(43-3)40(20-25(38)24-42)44-35-17-9-5-13-27(35)28-14-6-10-18-36(28)44/h4-23H,1-2H3. The van der Waals surface area contributed by atoms with E-state index in [0.29, 0.717) is 22.6 Å². The molecule has 8 aromatic rings. The Morgan fingerprint density at radius 2 is 1.13 bits per heavy atom. The van der Waals surface area contributed by atoms with Crippen LogP contribution in [0.3, 0.4) is 0 Å². The van der Waals surface area contributed by atoms with Crippen LogP contribution in [0.4, 0.5) is 5.69 Å². The molecule has 0 amide bonds. The van der Waals surface area contributed by atoms with Gasteiger partial charge < -0.3 is 9.13 Å². The molecule has 0 saturated heterocycles. The van der Waals surface area contributed by atoms with Crippen LogP contribution in [-0.4, -0.2) is 9.13 Å². The number of fused-ring (bicyclic) bond motifs is 9. The Labute approximate surface area is 260 Å². The summed E-state index contributed by atoms with van der Waals surface area (Å²) in [7, 11) is 0. The number of nitriles is 1. The summed E-state index contributed by atoms with van der Waals surface area (Å²) in [5.74, 6) is 0. The summed E-state index contributed by atoms with van der Waals surface area (Å²) >= 11 is 0. The molecule has 0 atom stereocenters. The molecule has 4 nitrogen and oxygen atoms in total. The van der Waals surface area contributed by atoms with E-state index in [9.17, 15) is 5.26 Å². The van der Waals surface area contributed by atoms with Crippen molar-refractivity contribution >= 4 is 49.3 Å². The number of rotatable bonds is 2. The second kappa shape index (κ2) is 8.96. The quantitative estimate of drug-likeness (QED) is 0.189. The van der Waals surface area contributed by atoms with Crippen molar-refractivity contribution in [1.82, 2.24) is 9.13 Å². The third kappa shape index (κ3) is 3.29. The molecule has 2 heterocycles. The highest BCUT2D eigenvalue weighted by atomic mass is 15.0. The second-order valence-electron chi connectivity index (χ2n) is 12.4. The minimum absolute atomic E-state index is 0.165. The Morgan fingerprint density at radius 3 is 1.76 bits per heavy atom. The van der Waals surface area contributed by atoms with E-state index < -0.39 is 0 Å². The van der Waals surface area contributed by atoms with Crippen LogP contribution in [0.15, 0.2) is 121 Å². The van der Waals surface area contributed by atoms with E-state index in [4.69, 9.17) is 6.57 Å². The Hall–Kier alpha value is -6.10. The zero-order valence-corrected chi connectivity index (χ0v) is 24.8. The molecule has 0 spiro atoms. The molecule has 0 radical (unpaired) electrons. The SMILES string of the molecule is [C-]#[N+]c1cc(-n2c3ccccc3c3cc4c(cc32)C(C)(C)c2ccccc2-4)c(C#N)cc1-n1c2ccccc2c2ccccc21. The van der Waals surface area contributed by atoms with Crippen molar-refractivity contribution in [3.8, 4) is 28.6 Å². The van der Waals surface area contributed by atoms with Gasteiger partial charge in [0.2, 0.25) is 5.69 Å². The maximum Gasteiger partial charge on any atom is 0.212 e. The molecule has 1 aliphatic rings. The number of benzene rings is 6. The highest BCUT2D eigenvalue weighted by Gasteiger charge is 2.36. The number of hydrogen-bond acceptors (Lipinski definition) is 1. The number of nitrogens with zero attached hydrogens (tertiary/aromatic N) is 4. The fraction of sp³-hybridized carbons (Fsp3) is 0.0732. The largest absolute Gasteiger partial charge is 0.319 e. The summed E-state index contributed by atoms with van der Waals surface area (Å²) in [6, 6.07) is 44.5. The van der Waals surface area contributed by atoms with Crippen molar-refractivity contribution in [1.29, 1.82) is 5.26 Å². The predicted molar refractivity (Wildman–Crippen MR) is 184 cm³/mol. The van der Waals surface area contributed by atoms with E-state index in [1.54, 1.807) is 0 Å². The van der Waals surface area contributed by atoms with Crippen LogP contribution in [0.5, 0.6) is 0 Å². The van der Waals surface area contributed by atoms with Crippen molar-refractivity contribution in [3.05, 3.63) is 149 Å². The lowest BCUT2D eigenvalue weighted by atomic mass is 9.82. The molecule has 0 saturated carbocycles. The lowest BCUT2D eigenvalue weighted by Crippen LogP contribution is -2.15. The van der Waals surface area contributed by atoms with E-state index >= 15 is 0 Å². The second-order valence-corrected chi connectivity index (χ2v) is 12.4. The van der Waals surface area contributed by atoms with E-state index in [1.807, 2.05) is 42.5 Å². The maximum atomic E-state index is 10.7. The first-order valence-corrected chi connectivity index (χ1v) is 15.1. The summed E-state index contributed by atoms with van der Waals surface area (Å²) in [5.41, 5.74) is 11.5. The first-order chi connectivity index (χ1) is 22.0. The monoisotopic (exact) mass is 574 g/mol. The first kappa shape index (κ1) is 25.4. The van der Waals surface area contributed by atoms with Gasteiger partial charge >= 0.3 is 0 Å².